The fourth-order valence-electron chi connectivity index (χ4n) is 1.74. The first-order valence-electron chi connectivity index (χ1n) is 6.03. The van der Waals surface area contributed by atoms with Crippen LogP contribution in [0.25, 0.3) is 0 Å². The van der Waals surface area contributed by atoms with E-state index in [1.54, 1.807) is 19.5 Å². The molecule has 0 amide bonds. The van der Waals surface area contributed by atoms with Gasteiger partial charge in [0, 0.05) is 38.0 Å². The van der Waals surface area contributed by atoms with E-state index in [9.17, 15) is 0 Å². The summed E-state index contributed by atoms with van der Waals surface area (Å²) in [5.41, 5.74) is 1.07. The standard InChI is InChI=1S/C14H21ClN2O/c1-4-14(2,11-17-7-8-18-3)9-12-5-6-16-10-13(12)15/h4-6,10,17H,1,7-9,11H2,2-3H3. The molecule has 0 bridgehead atoms. The molecule has 1 rings (SSSR count). The highest BCUT2D eigenvalue weighted by Gasteiger charge is 2.21. The van der Waals surface area contributed by atoms with Crippen LogP contribution in [0.15, 0.2) is 31.1 Å². The number of hydrogen-bond acceptors (Lipinski definition) is 3. The van der Waals surface area contributed by atoms with E-state index in [1.807, 2.05) is 12.1 Å². The van der Waals surface area contributed by atoms with E-state index in [-0.39, 0.29) is 5.41 Å². The Balaban J connectivity index is 2.59. The highest BCUT2D eigenvalue weighted by molar-refractivity contribution is 6.31. The van der Waals surface area contributed by atoms with Gasteiger partial charge in [-0.15, -0.1) is 6.58 Å². The van der Waals surface area contributed by atoms with Gasteiger partial charge in [0.15, 0.2) is 0 Å². The molecule has 0 aromatic carbocycles. The minimum Gasteiger partial charge on any atom is -0.383 e. The fourth-order valence-corrected chi connectivity index (χ4v) is 1.92. The fraction of sp³-hybridized carbons (Fsp3) is 0.500. The molecule has 0 saturated carbocycles. The second-order valence-electron chi connectivity index (χ2n) is 4.67. The predicted octanol–water partition coefficient (Wildman–Crippen LogP) is 2.71. The van der Waals surface area contributed by atoms with Gasteiger partial charge in [0.1, 0.15) is 0 Å². The van der Waals surface area contributed by atoms with Crippen molar-refractivity contribution in [3.05, 3.63) is 41.7 Å². The molecule has 100 valence electrons. The van der Waals surface area contributed by atoms with Gasteiger partial charge in [-0.3, -0.25) is 4.98 Å². The lowest BCUT2D eigenvalue weighted by atomic mass is 9.84. The van der Waals surface area contributed by atoms with Crippen LogP contribution in [0.5, 0.6) is 0 Å². The van der Waals surface area contributed by atoms with E-state index in [4.69, 9.17) is 16.3 Å². The lowest BCUT2D eigenvalue weighted by Crippen LogP contribution is -2.33. The van der Waals surface area contributed by atoms with Crippen LogP contribution >= 0.6 is 11.6 Å². The van der Waals surface area contributed by atoms with Crippen LogP contribution in [0.1, 0.15) is 12.5 Å². The molecule has 0 saturated heterocycles. The number of rotatable bonds is 8. The molecule has 0 aliphatic rings. The molecule has 1 N–H and O–H groups in total. The zero-order valence-electron chi connectivity index (χ0n) is 11.1. The monoisotopic (exact) mass is 268 g/mol. The molecule has 0 spiro atoms. The molecule has 4 heteroatoms. The smallest absolute Gasteiger partial charge is 0.0621 e. The number of halogens is 1. The molecule has 1 unspecified atom stereocenters. The minimum atomic E-state index is -0.0290. The third kappa shape index (κ3) is 4.77. The first kappa shape index (κ1) is 15.2. The third-order valence-corrected chi connectivity index (χ3v) is 3.30. The topological polar surface area (TPSA) is 34.1 Å². The van der Waals surface area contributed by atoms with Crippen molar-refractivity contribution in [2.45, 2.75) is 13.3 Å². The van der Waals surface area contributed by atoms with Crippen LogP contribution in [0.4, 0.5) is 0 Å². The Bertz CT molecular complexity index is 384. The summed E-state index contributed by atoms with van der Waals surface area (Å²) in [6.07, 6.45) is 6.27. The van der Waals surface area contributed by atoms with Crippen molar-refractivity contribution in [2.24, 2.45) is 5.41 Å². The zero-order valence-corrected chi connectivity index (χ0v) is 11.8. The Labute approximate surface area is 114 Å². The SMILES string of the molecule is C=CC(C)(CNCCOC)Cc1ccncc1Cl. The van der Waals surface area contributed by atoms with Crippen molar-refractivity contribution >= 4 is 11.6 Å². The summed E-state index contributed by atoms with van der Waals surface area (Å²) in [6.45, 7) is 8.49. The quantitative estimate of drug-likeness (QED) is 0.581. The van der Waals surface area contributed by atoms with E-state index in [1.165, 1.54) is 0 Å². The summed E-state index contributed by atoms with van der Waals surface area (Å²) in [4.78, 5) is 4.00. The lowest BCUT2D eigenvalue weighted by Gasteiger charge is -2.26. The average Bonchev–Trinajstić information content (AvgIpc) is 2.38. The van der Waals surface area contributed by atoms with Gasteiger partial charge in [0.05, 0.1) is 11.6 Å². The zero-order chi connectivity index (χ0) is 13.4. The van der Waals surface area contributed by atoms with Crippen LogP contribution in [0.3, 0.4) is 0 Å². The maximum absolute atomic E-state index is 6.13. The van der Waals surface area contributed by atoms with Crippen molar-refractivity contribution in [3.63, 3.8) is 0 Å². The van der Waals surface area contributed by atoms with Crippen LogP contribution in [0, 0.1) is 5.41 Å². The van der Waals surface area contributed by atoms with Crippen LogP contribution in [0.2, 0.25) is 5.02 Å². The molecule has 0 aliphatic carbocycles. The number of hydrogen-bond donors (Lipinski definition) is 1. The normalized spacial score (nSPS) is 14.2. The van der Waals surface area contributed by atoms with E-state index in [2.05, 4.69) is 23.8 Å². The molecule has 0 aliphatic heterocycles. The molecule has 1 atom stereocenters. The van der Waals surface area contributed by atoms with Crippen molar-refractivity contribution in [1.82, 2.24) is 10.3 Å². The molecule has 0 radical (unpaired) electrons. The summed E-state index contributed by atoms with van der Waals surface area (Å²) < 4.78 is 5.01. The maximum atomic E-state index is 6.13. The third-order valence-electron chi connectivity index (χ3n) is 2.96. The van der Waals surface area contributed by atoms with Gasteiger partial charge in [-0.1, -0.05) is 24.6 Å². The average molecular weight is 269 g/mol. The second kappa shape index (κ2) is 7.52. The Morgan fingerprint density at radius 3 is 3.00 bits per heavy atom. The van der Waals surface area contributed by atoms with Crippen LogP contribution in [-0.4, -0.2) is 31.8 Å². The predicted molar refractivity (Wildman–Crippen MR) is 76.0 cm³/mol. The molecule has 1 aromatic heterocycles. The second-order valence-corrected chi connectivity index (χ2v) is 5.08. The van der Waals surface area contributed by atoms with Gasteiger partial charge in [0.2, 0.25) is 0 Å². The molecule has 0 fully saturated rings. The van der Waals surface area contributed by atoms with E-state index in [0.29, 0.717) is 11.6 Å². The molecule has 3 nitrogen and oxygen atoms in total. The molecular formula is C14H21ClN2O. The first-order valence-corrected chi connectivity index (χ1v) is 6.41. The Kier molecular flexibility index (Phi) is 6.33. The number of nitrogens with zero attached hydrogens (tertiary/aromatic N) is 1. The number of nitrogens with one attached hydrogen (secondary N) is 1. The highest BCUT2D eigenvalue weighted by atomic mass is 35.5. The van der Waals surface area contributed by atoms with Gasteiger partial charge in [-0.25, -0.2) is 0 Å². The number of aromatic nitrogens is 1. The van der Waals surface area contributed by atoms with Crippen molar-refractivity contribution in [2.75, 3.05) is 26.8 Å². The summed E-state index contributed by atoms with van der Waals surface area (Å²) in [6, 6.07) is 1.96. The molecular weight excluding hydrogens is 248 g/mol. The van der Waals surface area contributed by atoms with Gasteiger partial charge in [0.25, 0.3) is 0 Å². The van der Waals surface area contributed by atoms with Crippen molar-refractivity contribution in [1.29, 1.82) is 0 Å². The van der Waals surface area contributed by atoms with Crippen LogP contribution in [-0.2, 0) is 11.2 Å². The first-order chi connectivity index (χ1) is 8.61. The van der Waals surface area contributed by atoms with Crippen molar-refractivity contribution < 1.29 is 4.74 Å². The van der Waals surface area contributed by atoms with Gasteiger partial charge in [-0.05, 0) is 18.1 Å². The van der Waals surface area contributed by atoms with Gasteiger partial charge in [-0.2, -0.15) is 0 Å². The van der Waals surface area contributed by atoms with Crippen molar-refractivity contribution in [3.8, 4) is 0 Å². The lowest BCUT2D eigenvalue weighted by molar-refractivity contribution is 0.196. The van der Waals surface area contributed by atoms with Gasteiger partial charge < -0.3 is 10.1 Å². The number of methoxy groups -OCH3 is 1. The minimum absolute atomic E-state index is 0.0290. The Hall–Kier alpha value is -0.900. The van der Waals surface area contributed by atoms with Gasteiger partial charge >= 0.3 is 0 Å². The van der Waals surface area contributed by atoms with E-state index in [0.717, 1.165) is 25.1 Å². The highest BCUT2D eigenvalue weighted by Crippen LogP contribution is 2.26. The largest absolute Gasteiger partial charge is 0.383 e. The summed E-state index contributed by atoms with van der Waals surface area (Å²) >= 11 is 6.13. The Morgan fingerprint density at radius 1 is 1.61 bits per heavy atom. The summed E-state index contributed by atoms with van der Waals surface area (Å²) in [5.74, 6) is 0. The molecule has 18 heavy (non-hydrogen) atoms. The number of pyridine rings is 1. The molecule has 1 heterocycles. The van der Waals surface area contributed by atoms with E-state index < -0.39 is 0 Å². The van der Waals surface area contributed by atoms with Crippen LogP contribution < -0.4 is 5.32 Å². The summed E-state index contributed by atoms with van der Waals surface area (Å²) in [5, 5.41) is 4.07. The van der Waals surface area contributed by atoms with E-state index >= 15 is 0 Å². The molecule has 1 aromatic rings. The number of ether oxygens (including phenoxy) is 1. The summed E-state index contributed by atoms with van der Waals surface area (Å²) in [7, 11) is 1.70. The maximum Gasteiger partial charge on any atom is 0.0621 e. The Morgan fingerprint density at radius 2 is 2.39 bits per heavy atom.